The molecule has 0 aliphatic carbocycles. The molecule has 0 atom stereocenters. The van der Waals surface area contributed by atoms with Crippen molar-refractivity contribution in [1.82, 2.24) is 9.21 Å². The van der Waals surface area contributed by atoms with Crippen molar-refractivity contribution in [3.05, 3.63) is 77.9 Å². The van der Waals surface area contributed by atoms with Crippen molar-refractivity contribution < 1.29 is 32.2 Å². The highest BCUT2D eigenvalue weighted by atomic mass is 32.2. The second kappa shape index (κ2) is 12.5. The standard InChI is InChI=1S/C27H32N2O7S/c1-28(17-21-15-24(34-3)27(36-5)25(16-21)35-4)26(30)19-29(18-20-9-7-6-8-10-20)37(31,32)23-13-11-22(33-2)12-14-23/h6-16H,17-19H2,1-5H3. The monoisotopic (exact) mass is 528 g/mol. The van der Waals surface area contributed by atoms with E-state index in [1.807, 2.05) is 30.3 Å². The van der Waals surface area contributed by atoms with E-state index < -0.39 is 10.0 Å². The highest BCUT2D eigenvalue weighted by Gasteiger charge is 2.28. The Morgan fingerprint density at radius 3 is 1.86 bits per heavy atom. The number of rotatable bonds is 12. The van der Waals surface area contributed by atoms with E-state index in [2.05, 4.69) is 0 Å². The summed E-state index contributed by atoms with van der Waals surface area (Å²) in [5, 5.41) is 0. The fourth-order valence-corrected chi connectivity index (χ4v) is 5.15. The maximum absolute atomic E-state index is 13.6. The van der Waals surface area contributed by atoms with Crippen molar-refractivity contribution in [3.8, 4) is 23.0 Å². The Hall–Kier alpha value is -3.76. The van der Waals surface area contributed by atoms with E-state index in [4.69, 9.17) is 18.9 Å². The van der Waals surface area contributed by atoms with Crippen LogP contribution in [0.2, 0.25) is 0 Å². The number of hydrogen-bond acceptors (Lipinski definition) is 7. The molecule has 1 amide bonds. The first-order valence-corrected chi connectivity index (χ1v) is 12.9. The molecule has 10 heteroatoms. The van der Waals surface area contributed by atoms with Gasteiger partial charge in [0.1, 0.15) is 5.75 Å². The van der Waals surface area contributed by atoms with Gasteiger partial charge >= 0.3 is 0 Å². The molecule has 0 aromatic heterocycles. The summed E-state index contributed by atoms with van der Waals surface area (Å²) < 4.78 is 49.6. The smallest absolute Gasteiger partial charge is 0.243 e. The molecule has 0 spiro atoms. The van der Waals surface area contributed by atoms with E-state index in [0.29, 0.717) is 23.0 Å². The van der Waals surface area contributed by atoms with Gasteiger partial charge in [-0.1, -0.05) is 30.3 Å². The Morgan fingerprint density at radius 2 is 1.35 bits per heavy atom. The second-order valence-corrected chi connectivity index (χ2v) is 10.2. The molecular formula is C27H32N2O7S. The van der Waals surface area contributed by atoms with Gasteiger partial charge in [-0.05, 0) is 47.5 Å². The van der Waals surface area contributed by atoms with E-state index in [1.54, 1.807) is 31.3 Å². The van der Waals surface area contributed by atoms with Crippen molar-refractivity contribution in [2.45, 2.75) is 18.0 Å². The highest BCUT2D eigenvalue weighted by Crippen LogP contribution is 2.38. The Labute approximate surface area is 218 Å². The fourth-order valence-electron chi connectivity index (χ4n) is 3.77. The number of carbonyl (C=O) groups excluding carboxylic acids is 1. The van der Waals surface area contributed by atoms with Crippen molar-refractivity contribution in [3.63, 3.8) is 0 Å². The molecule has 3 aromatic rings. The first kappa shape index (κ1) is 27.8. The Morgan fingerprint density at radius 1 is 0.757 bits per heavy atom. The molecule has 0 fully saturated rings. The van der Waals surface area contributed by atoms with Crippen LogP contribution in [0, 0.1) is 0 Å². The molecule has 0 radical (unpaired) electrons. The van der Waals surface area contributed by atoms with E-state index in [-0.39, 0.29) is 30.4 Å². The molecule has 37 heavy (non-hydrogen) atoms. The summed E-state index contributed by atoms with van der Waals surface area (Å²) in [7, 11) is 3.69. The van der Waals surface area contributed by atoms with Gasteiger partial charge in [0.15, 0.2) is 11.5 Å². The molecule has 0 N–H and O–H groups in total. The fraction of sp³-hybridized carbons (Fsp3) is 0.296. The van der Waals surface area contributed by atoms with E-state index >= 15 is 0 Å². The van der Waals surface area contributed by atoms with E-state index in [1.165, 1.54) is 49.8 Å². The molecule has 198 valence electrons. The molecule has 0 aliphatic rings. The summed E-state index contributed by atoms with van der Waals surface area (Å²) in [4.78, 5) is 14.8. The summed E-state index contributed by atoms with van der Waals surface area (Å²) in [6, 6.07) is 18.7. The molecule has 0 saturated heterocycles. The molecule has 3 aromatic carbocycles. The quantitative estimate of drug-likeness (QED) is 0.355. The summed E-state index contributed by atoms with van der Waals surface area (Å²) >= 11 is 0. The molecule has 0 unspecified atom stereocenters. The zero-order chi connectivity index (χ0) is 27.0. The third-order valence-electron chi connectivity index (χ3n) is 5.78. The minimum atomic E-state index is -3.98. The van der Waals surface area contributed by atoms with E-state index in [0.717, 1.165) is 11.1 Å². The van der Waals surface area contributed by atoms with Crippen LogP contribution in [0.4, 0.5) is 0 Å². The van der Waals surface area contributed by atoms with Crippen LogP contribution in [0.25, 0.3) is 0 Å². The normalized spacial score (nSPS) is 11.2. The minimum Gasteiger partial charge on any atom is -0.497 e. The number of nitrogens with zero attached hydrogens (tertiary/aromatic N) is 2. The van der Waals surface area contributed by atoms with Gasteiger partial charge in [-0.2, -0.15) is 4.31 Å². The van der Waals surface area contributed by atoms with Crippen LogP contribution in [-0.2, 0) is 27.9 Å². The van der Waals surface area contributed by atoms with Crippen LogP contribution in [0.15, 0.2) is 71.6 Å². The van der Waals surface area contributed by atoms with Gasteiger partial charge in [-0.3, -0.25) is 4.79 Å². The number of sulfonamides is 1. The van der Waals surface area contributed by atoms with Gasteiger partial charge in [0.2, 0.25) is 21.7 Å². The van der Waals surface area contributed by atoms with Crippen LogP contribution in [0.1, 0.15) is 11.1 Å². The van der Waals surface area contributed by atoms with E-state index in [9.17, 15) is 13.2 Å². The number of methoxy groups -OCH3 is 4. The maximum Gasteiger partial charge on any atom is 0.243 e. The molecule has 0 aliphatic heterocycles. The lowest BCUT2D eigenvalue weighted by Crippen LogP contribution is -2.40. The number of ether oxygens (including phenoxy) is 4. The highest BCUT2D eigenvalue weighted by molar-refractivity contribution is 7.89. The summed E-state index contributed by atoms with van der Waals surface area (Å²) in [6.45, 7) is -0.0968. The predicted octanol–water partition coefficient (Wildman–Crippen LogP) is 3.57. The van der Waals surface area contributed by atoms with Crippen LogP contribution in [-0.4, -0.2) is 65.6 Å². The zero-order valence-electron chi connectivity index (χ0n) is 21.6. The number of carbonyl (C=O) groups is 1. The van der Waals surface area contributed by atoms with Crippen LogP contribution in [0.5, 0.6) is 23.0 Å². The largest absolute Gasteiger partial charge is 0.497 e. The lowest BCUT2D eigenvalue weighted by Gasteiger charge is -2.25. The summed E-state index contributed by atoms with van der Waals surface area (Å²) in [5.74, 6) is 1.54. The first-order valence-electron chi connectivity index (χ1n) is 11.4. The van der Waals surface area contributed by atoms with Gasteiger partial charge in [0, 0.05) is 20.1 Å². The van der Waals surface area contributed by atoms with Crippen LogP contribution < -0.4 is 18.9 Å². The van der Waals surface area contributed by atoms with Crippen LogP contribution in [0.3, 0.4) is 0 Å². The molecule has 9 nitrogen and oxygen atoms in total. The number of likely N-dealkylation sites (N-methyl/N-ethyl adjacent to an activating group) is 1. The molecule has 3 rings (SSSR count). The van der Waals surface area contributed by atoms with Crippen LogP contribution >= 0.6 is 0 Å². The number of hydrogen-bond donors (Lipinski definition) is 0. The van der Waals surface area contributed by atoms with Gasteiger partial charge < -0.3 is 23.8 Å². The Balaban J connectivity index is 1.86. The predicted molar refractivity (Wildman–Crippen MR) is 140 cm³/mol. The first-order chi connectivity index (χ1) is 17.7. The van der Waals surface area contributed by atoms with Crippen molar-refractivity contribution >= 4 is 15.9 Å². The lowest BCUT2D eigenvalue weighted by atomic mass is 10.1. The molecule has 0 bridgehead atoms. The minimum absolute atomic E-state index is 0.0406. The lowest BCUT2D eigenvalue weighted by molar-refractivity contribution is -0.130. The number of amides is 1. The van der Waals surface area contributed by atoms with Gasteiger partial charge in [-0.25, -0.2) is 8.42 Å². The Bertz CT molecular complexity index is 1270. The summed E-state index contributed by atoms with van der Waals surface area (Å²) in [5.41, 5.74) is 1.50. The third-order valence-corrected chi connectivity index (χ3v) is 7.59. The zero-order valence-corrected chi connectivity index (χ0v) is 22.4. The average Bonchev–Trinajstić information content (AvgIpc) is 2.92. The van der Waals surface area contributed by atoms with Crippen molar-refractivity contribution in [1.29, 1.82) is 0 Å². The van der Waals surface area contributed by atoms with Gasteiger partial charge in [0.25, 0.3) is 0 Å². The second-order valence-electron chi connectivity index (χ2n) is 8.22. The Kier molecular flexibility index (Phi) is 9.37. The molecular weight excluding hydrogens is 496 g/mol. The van der Waals surface area contributed by atoms with Crippen molar-refractivity contribution in [2.24, 2.45) is 0 Å². The summed E-state index contributed by atoms with van der Waals surface area (Å²) in [6.07, 6.45) is 0. The maximum atomic E-state index is 13.6. The van der Waals surface area contributed by atoms with Gasteiger partial charge in [-0.15, -0.1) is 0 Å². The third kappa shape index (κ3) is 6.72. The SMILES string of the molecule is COc1ccc(S(=O)(=O)N(CC(=O)N(C)Cc2cc(OC)c(OC)c(OC)c2)Cc2ccccc2)cc1. The van der Waals surface area contributed by atoms with Gasteiger partial charge in [0.05, 0.1) is 39.9 Å². The molecule has 0 heterocycles. The van der Waals surface area contributed by atoms with Crippen molar-refractivity contribution in [2.75, 3.05) is 42.0 Å². The number of benzene rings is 3. The molecule has 0 saturated carbocycles. The average molecular weight is 529 g/mol. The topological polar surface area (TPSA) is 94.6 Å².